The lowest BCUT2D eigenvalue weighted by atomic mass is 9.75. The number of aliphatic hydroxyl groups is 1. The van der Waals surface area contributed by atoms with Gasteiger partial charge in [0.25, 0.3) is 5.91 Å². The molecule has 1 saturated carbocycles. The van der Waals surface area contributed by atoms with Crippen molar-refractivity contribution in [3.8, 4) is 5.75 Å². The molecule has 4 heteroatoms. The van der Waals surface area contributed by atoms with E-state index in [1.165, 1.54) is 5.56 Å². The van der Waals surface area contributed by atoms with Crippen molar-refractivity contribution in [2.45, 2.75) is 37.8 Å². The normalized spacial score (nSPS) is 22.4. The maximum Gasteiger partial charge on any atom is 0.251 e. The predicted octanol–water partition coefficient (Wildman–Crippen LogP) is 2.73. The van der Waals surface area contributed by atoms with Crippen LogP contribution in [0.3, 0.4) is 0 Å². The van der Waals surface area contributed by atoms with Crippen molar-refractivity contribution in [1.82, 2.24) is 5.32 Å². The first kappa shape index (κ1) is 16.2. The van der Waals surface area contributed by atoms with Crippen molar-refractivity contribution in [2.75, 3.05) is 6.61 Å². The zero-order valence-electron chi connectivity index (χ0n) is 14.2. The lowest BCUT2D eigenvalue weighted by molar-refractivity contribution is 0.0239. The minimum Gasteiger partial charge on any atom is -0.493 e. The number of nitrogens with one attached hydrogen (secondary N) is 1. The Balaban J connectivity index is 1.48. The highest BCUT2D eigenvalue weighted by atomic mass is 16.5. The van der Waals surface area contributed by atoms with Crippen LogP contribution in [0.1, 0.15) is 34.3 Å². The zero-order valence-corrected chi connectivity index (χ0v) is 14.2. The fraction of sp³-hybridized carbons (Fsp3) is 0.381. The third-order valence-electron chi connectivity index (χ3n) is 5.29. The molecule has 1 atom stereocenters. The van der Waals surface area contributed by atoms with Crippen LogP contribution in [0, 0.1) is 5.92 Å². The fourth-order valence-electron chi connectivity index (χ4n) is 3.74. The monoisotopic (exact) mass is 337 g/mol. The molecule has 130 valence electrons. The lowest BCUT2D eigenvalue weighted by Gasteiger charge is -2.38. The quantitative estimate of drug-likeness (QED) is 0.882. The van der Waals surface area contributed by atoms with E-state index in [1.54, 1.807) is 0 Å². The average molecular weight is 337 g/mol. The summed E-state index contributed by atoms with van der Waals surface area (Å²) in [7, 11) is 0. The van der Waals surface area contributed by atoms with Crippen LogP contribution in [0.5, 0.6) is 5.75 Å². The smallest absolute Gasteiger partial charge is 0.251 e. The molecule has 2 aromatic rings. The molecule has 2 N–H and O–H groups in total. The van der Waals surface area contributed by atoms with Gasteiger partial charge in [0.05, 0.1) is 12.7 Å². The van der Waals surface area contributed by atoms with Crippen molar-refractivity contribution < 1.29 is 14.6 Å². The zero-order chi connectivity index (χ0) is 17.2. The molecule has 1 aliphatic heterocycles. The second-order valence-corrected chi connectivity index (χ2v) is 7.08. The maximum absolute atomic E-state index is 12.8. The Hall–Kier alpha value is -2.33. The Morgan fingerprint density at radius 1 is 1.20 bits per heavy atom. The Labute approximate surface area is 147 Å². The first-order valence-electron chi connectivity index (χ1n) is 8.97. The minimum absolute atomic E-state index is 0.0443. The van der Waals surface area contributed by atoms with Crippen molar-refractivity contribution in [3.63, 3.8) is 0 Å². The van der Waals surface area contributed by atoms with Gasteiger partial charge in [0.2, 0.25) is 0 Å². The SMILES string of the molecule is O=C(N[C@@H](Cc1ccccc1)C1CC(O)C1)c1ccc2c(c1)CCO2. The Morgan fingerprint density at radius 2 is 2.00 bits per heavy atom. The summed E-state index contributed by atoms with van der Waals surface area (Å²) in [5.41, 5.74) is 2.99. The van der Waals surface area contributed by atoms with Gasteiger partial charge in [0, 0.05) is 18.0 Å². The van der Waals surface area contributed by atoms with E-state index in [0.717, 1.165) is 37.0 Å². The lowest BCUT2D eigenvalue weighted by Crippen LogP contribution is -2.48. The highest BCUT2D eigenvalue weighted by molar-refractivity contribution is 5.94. The summed E-state index contributed by atoms with van der Waals surface area (Å²) in [5.74, 6) is 1.17. The Morgan fingerprint density at radius 3 is 2.76 bits per heavy atom. The van der Waals surface area contributed by atoms with E-state index in [-0.39, 0.29) is 18.1 Å². The summed E-state index contributed by atoms with van der Waals surface area (Å²) in [5, 5.41) is 12.9. The molecule has 4 rings (SSSR count). The molecule has 0 radical (unpaired) electrons. The number of aliphatic hydroxyl groups excluding tert-OH is 1. The predicted molar refractivity (Wildman–Crippen MR) is 95.8 cm³/mol. The number of hydrogen-bond donors (Lipinski definition) is 2. The number of carbonyl (C=O) groups is 1. The van der Waals surface area contributed by atoms with Crippen molar-refractivity contribution in [2.24, 2.45) is 5.92 Å². The molecular weight excluding hydrogens is 314 g/mol. The van der Waals surface area contributed by atoms with E-state index in [2.05, 4.69) is 17.4 Å². The summed E-state index contributed by atoms with van der Waals surface area (Å²) in [4.78, 5) is 12.8. The maximum atomic E-state index is 12.8. The van der Waals surface area contributed by atoms with Crippen molar-refractivity contribution >= 4 is 5.91 Å². The number of ether oxygens (including phenoxy) is 1. The van der Waals surface area contributed by atoms with Gasteiger partial charge in [-0.05, 0) is 54.5 Å². The molecule has 4 nitrogen and oxygen atoms in total. The number of hydrogen-bond acceptors (Lipinski definition) is 3. The van der Waals surface area contributed by atoms with Gasteiger partial charge >= 0.3 is 0 Å². The molecule has 1 amide bonds. The Bertz CT molecular complexity index is 753. The molecule has 1 aliphatic carbocycles. The van der Waals surface area contributed by atoms with Crippen LogP contribution >= 0.6 is 0 Å². The number of rotatable bonds is 5. The highest BCUT2D eigenvalue weighted by Crippen LogP contribution is 2.32. The van der Waals surface area contributed by atoms with Gasteiger partial charge in [-0.3, -0.25) is 4.79 Å². The van der Waals surface area contributed by atoms with Crippen LogP contribution in [-0.2, 0) is 12.8 Å². The van der Waals surface area contributed by atoms with Gasteiger partial charge in [0.15, 0.2) is 0 Å². The molecule has 0 saturated heterocycles. The largest absolute Gasteiger partial charge is 0.493 e. The van der Waals surface area contributed by atoms with E-state index in [9.17, 15) is 9.90 Å². The van der Waals surface area contributed by atoms with Crippen LogP contribution in [-0.4, -0.2) is 29.8 Å². The highest BCUT2D eigenvalue weighted by Gasteiger charge is 2.35. The summed E-state index contributed by atoms with van der Waals surface area (Å²) in [6.07, 6.45) is 2.94. The molecule has 1 heterocycles. The van der Waals surface area contributed by atoms with E-state index in [1.807, 2.05) is 36.4 Å². The third kappa shape index (κ3) is 3.54. The van der Waals surface area contributed by atoms with Gasteiger partial charge < -0.3 is 15.2 Å². The van der Waals surface area contributed by atoms with Crippen LogP contribution in [0.25, 0.3) is 0 Å². The summed E-state index contributed by atoms with van der Waals surface area (Å²) >= 11 is 0. The minimum atomic E-state index is -0.225. The Kier molecular flexibility index (Phi) is 4.45. The van der Waals surface area contributed by atoms with E-state index in [4.69, 9.17) is 4.74 Å². The van der Waals surface area contributed by atoms with Gasteiger partial charge in [0.1, 0.15) is 5.75 Å². The van der Waals surface area contributed by atoms with Crippen molar-refractivity contribution in [3.05, 3.63) is 65.2 Å². The van der Waals surface area contributed by atoms with E-state index in [0.29, 0.717) is 18.1 Å². The summed E-state index contributed by atoms with van der Waals surface area (Å²) < 4.78 is 5.51. The van der Waals surface area contributed by atoms with E-state index < -0.39 is 0 Å². The topological polar surface area (TPSA) is 58.6 Å². The summed E-state index contributed by atoms with van der Waals surface area (Å²) in [6, 6.07) is 15.9. The second-order valence-electron chi connectivity index (χ2n) is 7.08. The van der Waals surface area contributed by atoms with Crippen LogP contribution in [0.2, 0.25) is 0 Å². The van der Waals surface area contributed by atoms with Gasteiger partial charge in [-0.2, -0.15) is 0 Å². The van der Waals surface area contributed by atoms with Crippen LogP contribution in [0.15, 0.2) is 48.5 Å². The van der Waals surface area contributed by atoms with Crippen LogP contribution in [0.4, 0.5) is 0 Å². The van der Waals surface area contributed by atoms with Gasteiger partial charge in [-0.1, -0.05) is 30.3 Å². The average Bonchev–Trinajstić information content (AvgIpc) is 3.07. The first-order chi connectivity index (χ1) is 12.2. The van der Waals surface area contributed by atoms with Crippen LogP contribution < -0.4 is 10.1 Å². The van der Waals surface area contributed by atoms with Gasteiger partial charge in [-0.25, -0.2) is 0 Å². The number of carbonyl (C=O) groups excluding carboxylic acids is 1. The third-order valence-corrected chi connectivity index (χ3v) is 5.29. The van der Waals surface area contributed by atoms with Crippen molar-refractivity contribution in [1.29, 1.82) is 0 Å². The molecule has 0 aromatic heterocycles. The number of amides is 1. The number of fused-ring (bicyclic) bond motifs is 1. The van der Waals surface area contributed by atoms with E-state index >= 15 is 0 Å². The molecule has 0 spiro atoms. The molecule has 0 unspecified atom stereocenters. The first-order valence-corrected chi connectivity index (χ1v) is 8.97. The molecule has 1 fully saturated rings. The molecule has 2 aromatic carbocycles. The molecular formula is C21H23NO3. The number of benzene rings is 2. The molecule has 2 aliphatic rings. The van der Waals surface area contributed by atoms with Gasteiger partial charge in [-0.15, -0.1) is 0 Å². The second kappa shape index (κ2) is 6.89. The fourth-order valence-corrected chi connectivity index (χ4v) is 3.74. The molecule has 0 bridgehead atoms. The molecule has 25 heavy (non-hydrogen) atoms. The standard InChI is InChI=1S/C21H23NO3/c23-18-12-17(13-18)19(10-14-4-2-1-3-5-14)22-21(24)16-6-7-20-15(11-16)8-9-25-20/h1-7,11,17-19,23H,8-10,12-13H2,(H,22,24)/t17?,18?,19-/m0/s1. The summed E-state index contributed by atoms with van der Waals surface area (Å²) in [6.45, 7) is 0.691.